The second-order valence-corrected chi connectivity index (χ2v) is 4.74. The Kier molecular flexibility index (Phi) is 2.62. The van der Waals surface area contributed by atoms with Crippen molar-refractivity contribution in [1.82, 2.24) is 4.57 Å². The van der Waals surface area contributed by atoms with Gasteiger partial charge in [0.2, 0.25) is 0 Å². The maximum atomic E-state index is 10.1. The Morgan fingerprint density at radius 2 is 1.65 bits per heavy atom. The minimum Gasteiger partial charge on any atom is -0.508 e. The van der Waals surface area contributed by atoms with E-state index in [0.717, 1.165) is 0 Å². The molecule has 0 radical (unpaired) electrons. The third kappa shape index (κ3) is 1.62. The lowest BCUT2D eigenvalue weighted by molar-refractivity contribution is 0.280. The second-order valence-electron chi connectivity index (χ2n) is 4.74. The van der Waals surface area contributed by atoms with Crippen LogP contribution in [0, 0.1) is 0 Å². The molecule has 0 atom stereocenters. The lowest BCUT2D eigenvalue weighted by atomic mass is 10.1. The minimum absolute atomic E-state index is 0.0523. The average Bonchev–Trinajstić information content (AvgIpc) is 2.65. The van der Waals surface area contributed by atoms with Gasteiger partial charge >= 0.3 is 0 Å². The molecule has 1 aromatic heterocycles. The van der Waals surface area contributed by atoms with E-state index in [-0.39, 0.29) is 18.1 Å². The first kappa shape index (κ1) is 12.4. The molecule has 0 saturated carbocycles. The molecule has 0 amide bonds. The number of fused-ring (bicyclic) bond motifs is 3. The van der Waals surface area contributed by atoms with Crippen LogP contribution in [0.4, 0.5) is 11.4 Å². The molecule has 0 fully saturated rings. The summed E-state index contributed by atoms with van der Waals surface area (Å²) in [5.41, 5.74) is 14.1. The van der Waals surface area contributed by atoms with Crippen molar-refractivity contribution in [2.24, 2.45) is 0 Å². The third-order valence-corrected chi connectivity index (χ3v) is 3.41. The number of aliphatic hydroxyl groups excluding tert-OH is 1. The van der Waals surface area contributed by atoms with Gasteiger partial charge in [0.05, 0.1) is 23.0 Å². The summed E-state index contributed by atoms with van der Waals surface area (Å²) in [6.07, 6.45) is 0. The van der Waals surface area contributed by atoms with Gasteiger partial charge in [0.25, 0.3) is 0 Å². The lowest BCUT2D eigenvalue weighted by Crippen LogP contribution is -2.02. The van der Waals surface area contributed by atoms with Crippen LogP contribution in [-0.2, 0) is 6.54 Å². The third-order valence-electron chi connectivity index (χ3n) is 3.41. The number of aromatic hydroxyl groups is 2. The molecular weight excluding hydrogens is 258 g/mol. The highest BCUT2D eigenvalue weighted by atomic mass is 16.3. The molecule has 1 heterocycles. The van der Waals surface area contributed by atoms with E-state index in [9.17, 15) is 15.3 Å². The average molecular weight is 273 g/mol. The van der Waals surface area contributed by atoms with Gasteiger partial charge in [0, 0.05) is 35.4 Å². The monoisotopic (exact) mass is 273 g/mol. The fourth-order valence-corrected chi connectivity index (χ4v) is 2.69. The number of rotatable bonds is 2. The number of phenolic OH excluding ortho intramolecular Hbond substituents is 2. The van der Waals surface area contributed by atoms with Gasteiger partial charge in [-0.1, -0.05) is 0 Å². The minimum atomic E-state index is -0.0794. The molecule has 20 heavy (non-hydrogen) atoms. The number of phenols is 2. The Morgan fingerprint density at radius 1 is 0.950 bits per heavy atom. The first-order chi connectivity index (χ1) is 9.52. The van der Waals surface area contributed by atoms with Gasteiger partial charge in [0.15, 0.2) is 0 Å². The molecule has 104 valence electrons. The Hall–Kier alpha value is -2.60. The number of aliphatic hydroxyl groups is 1. The molecule has 3 aromatic rings. The molecule has 0 spiro atoms. The molecular formula is C14H15N3O3. The zero-order valence-electron chi connectivity index (χ0n) is 10.7. The van der Waals surface area contributed by atoms with Crippen LogP contribution in [0.25, 0.3) is 21.8 Å². The maximum Gasteiger partial charge on any atom is 0.129 e. The summed E-state index contributed by atoms with van der Waals surface area (Å²) in [4.78, 5) is 0. The summed E-state index contributed by atoms with van der Waals surface area (Å²) >= 11 is 0. The van der Waals surface area contributed by atoms with Crippen molar-refractivity contribution < 1.29 is 15.3 Å². The van der Waals surface area contributed by atoms with Crippen molar-refractivity contribution in [2.75, 3.05) is 18.1 Å². The van der Waals surface area contributed by atoms with E-state index in [1.165, 1.54) is 12.1 Å². The highest BCUT2D eigenvalue weighted by molar-refractivity contribution is 6.17. The molecule has 7 N–H and O–H groups in total. The fraction of sp³-hybridized carbons (Fsp3) is 0.143. The van der Waals surface area contributed by atoms with E-state index in [1.54, 1.807) is 16.7 Å². The van der Waals surface area contributed by atoms with Crippen LogP contribution < -0.4 is 11.5 Å². The zero-order valence-corrected chi connectivity index (χ0v) is 10.7. The van der Waals surface area contributed by atoms with Crippen molar-refractivity contribution in [3.63, 3.8) is 0 Å². The normalized spacial score (nSPS) is 11.4. The predicted octanol–water partition coefficient (Wildman–Crippen LogP) is 1.36. The van der Waals surface area contributed by atoms with E-state index in [2.05, 4.69) is 0 Å². The van der Waals surface area contributed by atoms with Crippen LogP contribution in [0.1, 0.15) is 0 Å². The SMILES string of the molecule is Nc1cc(N)c2c3c(O)cc(O)cc3n(CCO)c2c1. The Balaban J connectivity index is 2.59. The van der Waals surface area contributed by atoms with Crippen LogP contribution >= 0.6 is 0 Å². The predicted molar refractivity (Wildman–Crippen MR) is 78.7 cm³/mol. The number of nitrogens with two attached hydrogens (primary N) is 2. The number of hydrogen-bond acceptors (Lipinski definition) is 5. The summed E-state index contributed by atoms with van der Waals surface area (Å²) in [6, 6.07) is 6.15. The van der Waals surface area contributed by atoms with E-state index in [0.29, 0.717) is 39.7 Å². The van der Waals surface area contributed by atoms with Crippen molar-refractivity contribution in [1.29, 1.82) is 0 Å². The highest BCUT2D eigenvalue weighted by Gasteiger charge is 2.17. The molecule has 0 unspecified atom stereocenters. The van der Waals surface area contributed by atoms with E-state index >= 15 is 0 Å². The Labute approximate surface area is 114 Å². The van der Waals surface area contributed by atoms with Crippen LogP contribution in [0.5, 0.6) is 11.5 Å². The number of anilines is 2. The molecule has 0 aliphatic carbocycles. The Morgan fingerprint density at radius 3 is 2.35 bits per heavy atom. The summed E-state index contributed by atoms with van der Waals surface area (Å²) in [5.74, 6) is -0.110. The molecule has 3 rings (SSSR count). The quantitative estimate of drug-likeness (QED) is 0.452. The largest absolute Gasteiger partial charge is 0.508 e. The molecule has 6 nitrogen and oxygen atoms in total. The fourth-order valence-electron chi connectivity index (χ4n) is 2.69. The van der Waals surface area contributed by atoms with Crippen molar-refractivity contribution in [3.8, 4) is 11.5 Å². The van der Waals surface area contributed by atoms with E-state index in [4.69, 9.17) is 11.5 Å². The molecule has 0 aliphatic rings. The molecule has 0 bridgehead atoms. The standard InChI is InChI=1S/C14H15N3O3/c15-7-3-9(16)13-10(4-7)17(1-2-18)11-5-8(19)6-12(20)14(11)13/h3-6,18-20H,1-2,15-16H2. The number of hydrogen-bond donors (Lipinski definition) is 5. The van der Waals surface area contributed by atoms with Gasteiger partial charge in [-0.25, -0.2) is 0 Å². The zero-order chi connectivity index (χ0) is 14.4. The first-order valence-electron chi connectivity index (χ1n) is 6.16. The first-order valence-corrected chi connectivity index (χ1v) is 6.16. The number of aromatic nitrogens is 1. The maximum absolute atomic E-state index is 10.1. The van der Waals surface area contributed by atoms with Crippen LogP contribution in [0.2, 0.25) is 0 Å². The van der Waals surface area contributed by atoms with Crippen molar-refractivity contribution in [2.45, 2.75) is 6.54 Å². The highest BCUT2D eigenvalue weighted by Crippen LogP contribution is 2.41. The van der Waals surface area contributed by atoms with Crippen LogP contribution in [0.3, 0.4) is 0 Å². The van der Waals surface area contributed by atoms with Crippen molar-refractivity contribution >= 4 is 33.2 Å². The van der Waals surface area contributed by atoms with Gasteiger partial charge in [-0.15, -0.1) is 0 Å². The van der Waals surface area contributed by atoms with Crippen LogP contribution in [-0.4, -0.2) is 26.5 Å². The topological polar surface area (TPSA) is 118 Å². The van der Waals surface area contributed by atoms with Gasteiger partial charge in [0.1, 0.15) is 11.5 Å². The van der Waals surface area contributed by atoms with Crippen molar-refractivity contribution in [3.05, 3.63) is 24.3 Å². The Bertz CT molecular complexity index is 758. The molecule has 0 saturated heterocycles. The smallest absolute Gasteiger partial charge is 0.129 e. The summed E-state index contributed by atoms with van der Waals surface area (Å²) in [5, 5.41) is 30.2. The van der Waals surface area contributed by atoms with Gasteiger partial charge in [-0.3, -0.25) is 0 Å². The summed E-state index contributed by atoms with van der Waals surface area (Å²) in [7, 11) is 0. The molecule has 2 aromatic carbocycles. The number of benzene rings is 2. The van der Waals surface area contributed by atoms with Gasteiger partial charge < -0.3 is 31.4 Å². The lowest BCUT2D eigenvalue weighted by Gasteiger charge is -2.06. The summed E-state index contributed by atoms with van der Waals surface area (Å²) < 4.78 is 1.77. The summed E-state index contributed by atoms with van der Waals surface area (Å²) in [6.45, 7) is 0.232. The van der Waals surface area contributed by atoms with E-state index in [1.807, 2.05) is 0 Å². The number of nitrogens with zero attached hydrogens (tertiary/aromatic N) is 1. The number of nitrogen functional groups attached to an aromatic ring is 2. The molecule has 0 aliphatic heterocycles. The van der Waals surface area contributed by atoms with Gasteiger partial charge in [-0.05, 0) is 12.1 Å². The second kappa shape index (κ2) is 4.21. The molecule has 6 heteroatoms. The van der Waals surface area contributed by atoms with Gasteiger partial charge in [-0.2, -0.15) is 0 Å². The van der Waals surface area contributed by atoms with E-state index < -0.39 is 0 Å². The van der Waals surface area contributed by atoms with Crippen LogP contribution in [0.15, 0.2) is 24.3 Å².